The molecule has 0 fully saturated rings. The van der Waals surface area contributed by atoms with Crippen LogP contribution in [0.15, 0.2) is 197 Å². The van der Waals surface area contributed by atoms with E-state index in [1.54, 1.807) is 0 Å². The molecular weight excluding hydrogens is 647 g/mol. The molecule has 0 spiro atoms. The van der Waals surface area contributed by atoms with E-state index >= 15 is 0 Å². The van der Waals surface area contributed by atoms with Crippen molar-refractivity contribution in [2.24, 2.45) is 0 Å². The first-order chi connectivity index (χ1) is 26.3. The Balaban J connectivity index is 1.03. The molecule has 0 amide bonds. The molecule has 0 saturated carbocycles. The molecular formula is C50H31NO2. The van der Waals surface area contributed by atoms with Crippen LogP contribution in [0.5, 0.6) is 0 Å². The monoisotopic (exact) mass is 677 g/mol. The highest BCUT2D eigenvalue weighted by atomic mass is 16.3. The number of hydrogen-bond donors (Lipinski definition) is 0. The molecule has 3 heteroatoms. The van der Waals surface area contributed by atoms with Gasteiger partial charge in [-0.25, -0.2) is 0 Å². The van der Waals surface area contributed by atoms with Gasteiger partial charge in [0.25, 0.3) is 0 Å². The minimum atomic E-state index is 0.892. The maximum atomic E-state index is 6.54. The lowest BCUT2D eigenvalue weighted by atomic mass is 9.97. The average Bonchev–Trinajstić information content (AvgIpc) is 3.81. The van der Waals surface area contributed by atoms with E-state index in [0.717, 1.165) is 94.0 Å². The Bertz CT molecular complexity index is 3170. The quantitative estimate of drug-likeness (QED) is 0.182. The number of hydrogen-bond acceptors (Lipinski definition) is 3. The third-order valence-corrected chi connectivity index (χ3v) is 10.6. The minimum Gasteiger partial charge on any atom is -0.455 e. The van der Waals surface area contributed by atoms with E-state index in [2.05, 4.69) is 193 Å². The third-order valence-electron chi connectivity index (χ3n) is 10.6. The predicted molar refractivity (Wildman–Crippen MR) is 222 cm³/mol. The molecule has 248 valence electrons. The summed E-state index contributed by atoms with van der Waals surface area (Å²) in [6, 6.07) is 66.7. The molecule has 0 unspecified atom stereocenters. The molecule has 0 radical (unpaired) electrons. The summed E-state index contributed by atoms with van der Waals surface area (Å²) < 4.78 is 13.0. The molecule has 0 aliphatic heterocycles. The van der Waals surface area contributed by atoms with Gasteiger partial charge in [0.15, 0.2) is 0 Å². The molecule has 2 heterocycles. The molecule has 3 nitrogen and oxygen atoms in total. The van der Waals surface area contributed by atoms with Crippen molar-refractivity contribution in [3.8, 4) is 22.3 Å². The van der Waals surface area contributed by atoms with Gasteiger partial charge in [-0.15, -0.1) is 0 Å². The fourth-order valence-electron chi connectivity index (χ4n) is 8.22. The van der Waals surface area contributed by atoms with Gasteiger partial charge in [0.1, 0.15) is 22.3 Å². The van der Waals surface area contributed by atoms with E-state index in [1.807, 2.05) is 0 Å². The van der Waals surface area contributed by atoms with Crippen molar-refractivity contribution < 1.29 is 8.83 Å². The second-order valence-electron chi connectivity index (χ2n) is 13.7. The Kier molecular flexibility index (Phi) is 6.55. The topological polar surface area (TPSA) is 29.5 Å². The van der Waals surface area contributed by atoms with Crippen LogP contribution in [0.2, 0.25) is 0 Å². The van der Waals surface area contributed by atoms with Gasteiger partial charge in [-0.05, 0) is 93.7 Å². The van der Waals surface area contributed by atoms with Crippen LogP contribution in [-0.4, -0.2) is 0 Å². The van der Waals surface area contributed by atoms with Crippen molar-refractivity contribution >= 4 is 82.5 Å². The highest BCUT2D eigenvalue weighted by Gasteiger charge is 2.19. The summed E-state index contributed by atoms with van der Waals surface area (Å²) in [5, 5.41) is 9.16. The summed E-state index contributed by atoms with van der Waals surface area (Å²) in [4.78, 5) is 2.33. The number of nitrogens with zero attached hydrogens (tertiary/aromatic N) is 1. The normalized spacial score (nSPS) is 11.8. The van der Waals surface area contributed by atoms with Gasteiger partial charge in [-0.1, -0.05) is 127 Å². The second kappa shape index (κ2) is 11.7. The number of anilines is 3. The first-order valence-corrected chi connectivity index (χ1v) is 18.0. The Morgan fingerprint density at radius 2 is 0.830 bits per heavy atom. The fourth-order valence-corrected chi connectivity index (χ4v) is 8.22. The van der Waals surface area contributed by atoms with Crippen molar-refractivity contribution in [3.63, 3.8) is 0 Å². The van der Waals surface area contributed by atoms with Gasteiger partial charge in [0.2, 0.25) is 0 Å². The largest absolute Gasteiger partial charge is 0.455 e. The van der Waals surface area contributed by atoms with Crippen molar-refractivity contribution in [1.29, 1.82) is 0 Å². The Labute approximate surface area is 305 Å². The van der Waals surface area contributed by atoms with Crippen molar-refractivity contribution in [1.82, 2.24) is 0 Å². The van der Waals surface area contributed by atoms with Gasteiger partial charge in [0, 0.05) is 49.4 Å². The summed E-state index contributed by atoms with van der Waals surface area (Å²) in [6.45, 7) is 0. The fraction of sp³-hybridized carbons (Fsp3) is 0. The van der Waals surface area contributed by atoms with Crippen molar-refractivity contribution in [3.05, 3.63) is 188 Å². The highest BCUT2D eigenvalue weighted by molar-refractivity contribution is 6.20. The van der Waals surface area contributed by atoms with Crippen LogP contribution >= 0.6 is 0 Å². The van der Waals surface area contributed by atoms with Crippen molar-refractivity contribution in [2.75, 3.05) is 4.90 Å². The number of benzene rings is 9. The SMILES string of the molecule is c1ccc(N(c2ccc(-c3cccc4oc5c6ccccc6ccc5c34)cc2)c2cccc(-c3cccc4oc5c6ccccc6ccc5c34)c2)cc1. The Morgan fingerprint density at radius 1 is 0.321 bits per heavy atom. The van der Waals surface area contributed by atoms with E-state index in [1.165, 1.54) is 10.8 Å². The van der Waals surface area contributed by atoms with E-state index in [4.69, 9.17) is 8.83 Å². The number of para-hydroxylation sites is 1. The molecule has 0 aliphatic rings. The van der Waals surface area contributed by atoms with Gasteiger partial charge in [-0.2, -0.15) is 0 Å². The van der Waals surface area contributed by atoms with Gasteiger partial charge < -0.3 is 13.7 Å². The van der Waals surface area contributed by atoms with Gasteiger partial charge >= 0.3 is 0 Å². The molecule has 9 aromatic carbocycles. The van der Waals surface area contributed by atoms with Crippen LogP contribution in [0, 0.1) is 0 Å². The van der Waals surface area contributed by atoms with E-state index in [0.29, 0.717) is 0 Å². The zero-order valence-electron chi connectivity index (χ0n) is 28.7. The highest BCUT2D eigenvalue weighted by Crippen LogP contribution is 2.43. The van der Waals surface area contributed by atoms with E-state index in [-0.39, 0.29) is 0 Å². The van der Waals surface area contributed by atoms with Gasteiger partial charge in [0.05, 0.1) is 0 Å². The maximum Gasteiger partial charge on any atom is 0.143 e. The zero-order chi connectivity index (χ0) is 34.9. The van der Waals surface area contributed by atoms with Gasteiger partial charge in [-0.3, -0.25) is 0 Å². The van der Waals surface area contributed by atoms with Crippen LogP contribution in [-0.2, 0) is 0 Å². The smallest absolute Gasteiger partial charge is 0.143 e. The molecule has 0 N–H and O–H groups in total. The molecule has 0 bridgehead atoms. The number of rotatable bonds is 5. The lowest BCUT2D eigenvalue weighted by Gasteiger charge is -2.26. The maximum absolute atomic E-state index is 6.54. The summed E-state index contributed by atoms with van der Waals surface area (Å²) in [7, 11) is 0. The molecule has 53 heavy (non-hydrogen) atoms. The molecule has 11 aromatic rings. The lowest BCUT2D eigenvalue weighted by Crippen LogP contribution is -2.09. The van der Waals surface area contributed by atoms with Crippen LogP contribution in [0.25, 0.3) is 87.7 Å². The summed E-state index contributed by atoms with van der Waals surface area (Å²) in [5.41, 5.74) is 11.5. The predicted octanol–water partition coefficient (Wildman–Crippen LogP) is 14.6. The van der Waals surface area contributed by atoms with Crippen molar-refractivity contribution in [2.45, 2.75) is 0 Å². The number of furan rings is 2. The molecule has 0 saturated heterocycles. The first kappa shape index (κ1) is 29.6. The van der Waals surface area contributed by atoms with E-state index < -0.39 is 0 Å². The summed E-state index contributed by atoms with van der Waals surface area (Å²) >= 11 is 0. The Hall–Kier alpha value is -7.10. The zero-order valence-corrected chi connectivity index (χ0v) is 28.7. The minimum absolute atomic E-state index is 0.892. The summed E-state index contributed by atoms with van der Waals surface area (Å²) in [5.74, 6) is 0. The molecule has 2 aromatic heterocycles. The summed E-state index contributed by atoms with van der Waals surface area (Å²) in [6.07, 6.45) is 0. The van der Waals surface area contributed by atoms with Crippen LogP contribution < -0.4 is 4.90 Å². The first-order valence-electron chi connectivity index (χ1n) is 18.0. The molecule has 0 aliphatic carbocycles. The average molecular weight is 678 g/mol. The van der Waals surface area contributed by atoms with E-state index in [9.17, 15) is 0 Å². The standard InChI is InChI=1S/C50H31NO2/c1-2-14-36(15-3-1)51(37-27-23-34(24-28-37)39-19-9-21-45-47(39)43-29-25-32-11-4-6-17-41(32)49(43)52-45)38-16-8-13-35(31-38)40-20-10-22-46-48(40)44-30-26-33-12-5-7-18-42(33)50(44)53-46/h1-31H. The third kappa shape index (κ3) is 4.68. The second-order valence-corrected chi connectivity index (χ2v) is 13.7. The van der Waals surface area contributed by atoms with Crippen LogP contribution in [0.1, 0.15) is 0 Å². The number of fused-ring (bicyclic) bond motifs is 10. The Morgan fingerprint density at radius 3 is 1.45 bits per heavy atom. The molecule has 0 atom stereocenters. The lowest BCUT2D eigenvalue weighted by molar-refractivity contribution is 0.672. The van der Waals surface area contributed by atoms with Crippen LogP contribution in [0.4, 0.5) is 17.1 Å². The van der Waals surface area contributed by atoms with Crippen LogP contribution in [0.3, 0.4) is 0 Å². The molecule has 11 rings (SSSR count).